The molecule has 3 rings (SSSR count). The summed E-state index contributed by atoms with van der Waals surface area (Å²) >= 11 is 0. The molecule has 1 heterocycles. The summed E-state index contributed by atoms with van der Waals surface area (Å²) in [4.78, 5) is 46.9. The van der Waals surface area contributed by atoms with E-state index in [4.69, 9.17) is 33.2 Å². The Morgan fingerprint density at radius 2 is 1.38 bits per heavy atom. The molecular formula is C28H32O11. The van der Waals surface area contributed by atoms with E-state index in [1.165, 1.54) is 41.9 Å². The molecule has 1 fully saturated rings. The van der Waals surface area contributed by atoms with E-state index in [9.17, 15) is 19.2 Å². The summed E-state index contributed by atoms with van der Waals surface area (Å²) in [7, 11) is 2.88. The third-order valence-corrected chi connectivity index (χ3v) is 6.11. The molecule has 0 amide bonds. The lowest BCUT2D eigenvalue weighted by atomic mass is 9.82. The Labute approximate surface area is 226 Å². The van der Waals surface area contributed by atoms with E-state index in [2.05, 4.69) is 0 Å². The van der Waals surface area contributed by atoms with Crippen LogP contribution in [0.5, 0.6) is 23.0 Å². The zero-order valence-corrected chi connectivity index (χ0v) is 22.7. The van der Waals surface area contributed by atoms with E-state index in [0.717, 1.165) is 0 Å². The van der Waals surface area contributed by atoms with Gasteiger partial charge in [-0.2, -0.15) is 0 Å². The van der Waals surface area contributed by atoms with E-state index in [1.807, 2.05) is 0 Å². The number of hydrogen-bond donors (Lipinski definition) is 0. The number of rotatable bonds is 10. The van der Waals surface area contributed by atoms with Crippen LogP contribution in [-0.4, -0.2) is 51.3 Å². The average molecular weight is 545 g/mol. The van der Waals surface area contributed by atoms with Crippen LogP contribution in [0.4, 0.5) is 0 Å². The smallest absolute Gasteiger partial charge is 0.308 e. The van der Waals surface area contributed by atoms with Gasteiger partial charge in [0.25, 0.3) is 0 Å². The van der Waals surface area contributed by atoms with Gasteiger partial charge < -0.3 is 33.2 Å². The van der Waals surface area contributed by atoms with Gasteiger partial charge in [0.1, 0.15) is 6.10 Å². The van der Waals surface area contributed by atoms with Crippen molar-refractivity contribution in [2.45, 2.75) is 39.9 Å². The number of benzene rings is 2. The lowest BCUT2D eigenvalue weighted by Gasteiger charge is -2.29. The quantitative estimate of drug-likeness (QED) is 0.320. The van der Waals surface area contributed by atoms with Gasteiger partial charge in [-0.15, -0.1) is 0 Å². The molecule has 11 heteroatoms. The Balaban J connectivity index is 2.02. The summed E-state index contributed by atoms with van der Waals surface area (Å²) in [6.07, 6.45) is -1.38. The minimum Gasteiger partial charge on any atom is -0.493 e. The Bertz CT molecular complexity index is 1220. The van der Waals surface area contributed by atoms with E-state index in [1.54, 1.807) is 36.4 Å². The molecule has 1 aliphatic heterocycles. The molecule has 2 aromatic rings. The molecule has 0 N–H and O–H groups in total. The summed E-state index contributed by atoms with van der Waals surface area (Å²) < 4.78 is 38.5. The van der Waals surface area contributed by atoms with Gasteiger partial charge in [-0.1, -0.05) is 12.1 Å². The van der Waals surface area contributed by atoms with E-state index >= 15 is 0 Å². The lowest BCUT2D eigenvalue weighted by Crippen LogP contribution is -2.29. The van der Waals surface area contributed by atoms with Gasteiger partial charge in [0.2, 0.25) is 0 Å². The zero-order valence-electron chi connectivity index (χ0n) is 22.7. The van der Waals surface area contributed by atoms with Crippen molar-refractivity contribution in [2.75, 3.05) is 27.4 Å². The van der Waals surface area contributed by atoms with Crippen molar-refractivity contribution in [3.8, 4) is 23.0 Å². The maximum Gasteiger partial charge on any atom is 0.308 e. The predicted molar refractivity (Wildman–Crippen MR) is 135 cm³/mol. The second-order valence-corrected chi connectivity index (χ2v) is 8.92. The van der Waals surface area contributed by atoms with Crippen LogP contribution in [-0.2, 0) is 33.4 Å². The fraction of sp³-hybridized carbons (Fsp3) is 0.429. The van der Waals surface area contributed by atoms with Crippen molar-refractivity contribution >= 4 is 23.9 Å². The summed E-state index contributed by atoms with van der Waals surface area (Å²) in [5.74, 6) is -1.83. The Hall–Kier alpha value is -4.12. The van der Waals surface area contributed by atoms with Crippen LogP contribution in [0.25, 0.3) is 0 Å². The molecule has 210 valence electrons. The third-order valence-electron chi connectivity index (χ3n) is 6.11. The monoisotopic (exact) mass is 544 g/mol. The molecule has 0 unspecified atom stereocenters. The lowest BCUT2D eigenvalue weighted by molar-refractivity contribution is -0.153. The molecule has 0 spiro atoms. The molecule has 2 aromatic carbocycles. The van der Waals surface area contributed by atoms with Crippen molar-refractivity contribution in [2.24, 2.45) is 11.8 Å². The first kappa shape index (κ1) is 29.4. The Morgan fingerprint density at radius 3 is 1.92 bits per heavy atom. The molecule has 39 heavy (non-hydrogen) atoms. The van der Waals surface area contributed by atoms with Gasteiger partial charge in [0.15, 0.2) is 23.0 Å². The number of carbonyl (C=O) groups excluding carboxylic acids is 4. The van der Waals surface area contributed by atoms with Gasteiger partial charge in [0, 0.05) is 39.5 Å². The molecule has 0 saturated carbocycles. The second-order valence-electron chi connectivity index (χ2n) is 8.92. The van der Waals surface area contributed by atoms with Gasteiger partial charge >= 0.3 is 23.9 Å². The van der Waals surface area contributed by atoms with Crippen LogP contribution in [0.2, 0.25) is 0 Å². The molecule has 0 bridgehead atoms. The first-order valence-electron chi connectivity index (χ1n) is 12.2. The first-order chi connectivity index (χ1) is 18.5. The van der Waals surface area contributed by atoms with Crippen LogP contribution in [0.15, 0.2) is 36.4 Å². The number of hydrogen-bond acceptors (Lipinski definition) is 11. The Morgan fingerprint density at radius 1 is 0.795 bits per heavy atom. The Kier molecular flexibility index (Phi) is 9.89. The maximum atomic E-state index is 12.2. The highest BCUT2D eigenvalue weighted by atomic mass is 16.6. The topological polar surface area (TPSA) is 133 Å². The highest BCUT2D eigenvalue weighted by Crippen LogP contribution is 2.47. The first-order valence-corrected chi connectivity index (χ1v) is 12.2. The number of methoxy groups -OCH3 is 2. The van der Waals surface area contributed by atoms with Crippen LogP contribution in [0, 0.1) is 11.8 Å². The maximum absolute atomic E-state index is 12.2. The van der Waals surface area contributed by atoms with Crippen molar-refractivity contribution < 1.29 is 52.3 Å². The molecule has 1 aliphatic rings. The highest BCUT2D eigenvalue weighted by molar-refractivity contribution is 5.71. The number of ether oxygens (including phenoxy) is 7. The standard InChI is InChI=1S/C28H32O11/c1-15(29)35-13-21-22(14-36-27(21)19-7-9-23(37-16(2)30)25(11-19)33-5)28(39-18(4)32)20-8-10-24(38-17(3)31)26(12-20)34-6/h7-12,21-22,27-28H,13-14H2,1-6H3/t21-,22-,27+,28-/m0/s1. The molecular weight excluding hydrogens is 512 g/mol. The summed E-state index contributed by atoms with van der Waals surface area (Å²) in [5.41, 5.74) is 1.26. The molecule has 1 saturated heterocycles. The molecule has 11 nitrogen and oxygen atoms in total. The summed E-state index contributed by atoms with van der Waals surface area (Å²) in [6.45, 7) is 5.31. The third kappa shape index (κ3) is 7.47. The fourth-order valence-electron chi connectivity index (χ4n) is 4.55. The number of carbonyl (C=O) groups is 4. The molecule has 0 radical (unpaired) electrons. The second kappa shape index (κ2) is 13.1. The van der Waals surface area contributed by atoms with Crippen LogP contribution in [0.3, 0.4) is 0 Å². The molecule has 4 atom stereocenters. The molecule has 0 aliphatic carbocycles. The zero-order chi connectivity index (χ0) is 28.7. The van der Waals surface area contributed by atoms with Gasteiger partial charge in [-0.25, -0.2) is 0 Å². The van der Waals surface area contributed by atoms with Gasteiger partial charge in [0.05, 0.1) is 33.5 Å². The van der Waals surface area contributed by atoms with Gasteiger partial charge in [-0.05, 0) is 35.4 Å². The SMILES string of the molecule is COc1cc([C@H]2OC[C@H]([C@@H](OC(C)=O)c3ccc(OC(C)=O)c(OC)c3)[C@@H]2COC(C)=O)ccc1OC(C)=O. The van der Waals surface area contributed by atoms with Crippen LogP contribution in [0.1, 0.15) is 51.0 Å². The summed E-state index contributed by atoms with van der Waals surface area (Å²) in [5, 5.41) is 0. The van der Waals surface area contributed by atoms with Crippen molar-refractivity contribution in [3.63, 3.8) is 0 Å². The fourth-order valence-corrected chi connectivity index (χ4v) is 4.55. The van der Waals surface area contributed by atoms with Crippen LogP contribution >= 0.6 is 0 Å². The van der Waals surface area contributed by atoms with Crippen LogP contribution < -0.4 is 18.9 Å². The van der Waals surface area contributed by atoms with Crippen molar-refractivity contribution in [1.82, 2.24) is 0 Å². The predicted octanol–water partition coefficient (Wildman–Crippen LogP) is 3.73. The van der Waals surface area contributed by atoms with E-state index < -0.39 is 47.9 Å². The average Bonchev–Trinajstić information content (AvgIpc) is 3.29. The van der Waals surface area contributed by atoms with Crippen molar-refractivity contribution in [3.05, 3.63) is 47.5 Å². The normalized spacial score (nSPS) is 19.0. The minimum atomic E-state index is -0.810. The van der Waals surface area contributed by atoms with Crippen molar-refractivity contribution in [1.29, 1.82) is 0 Å². The minimum absolute atomic E-state index is 0.0148. The van der Waals surface area contributed by atoms with E-state index in [0.29, 0.717) is 16.9 Å². The summed E-state index contributed by atoms with van der Waals surface area (Å²) in [6, 6.07) is 9.85. The number of esters is 4. The highest BCUT2D eigenvalue weighted by Gasteiger charge is 2.45. The largest absolute Gasteiger partial charge is 0.493 e. The van der Waals surface area contributed by atoms with E-state index in [-0.39, 0.29) is 30.5 Å². The molecule has 0 aromatic heterocycles. The van der Waals surface area contributed by atoms with Gasteiger partial charge in [-0.3, -0.25) is 19.2 Å².